The molecular weight excluding hydrogens is 276 g/mol. The average Bonchev–Trinajstić information content (AvgIpc) is 2.84. The van der Waals surface area contributed by atoms with Gasteiger partial charge in [-0.05, 0) is 44.6 Å². The van der Waals surface area contributed by atoms with Crippen molar-refractivity contribution >= 4 is 5.91 Å². The van der Waals surface area contributed by atoms with E-state index in [1.165, 1.54) is 0 Å². The molecule has 22 heavy (non-hydrogen) atoms. The van der Waals surface area contributed by atoms with Crippen LogP contribution in [0, 0.1) is 17.3 Å². The first-order valence-corrected chi connectivity index (χ1v) is 8.76. The van der Waals surface area contributed by atoms with Crippen molar-refractivity contribution in [1.82, 2.24) is 9.80 Å². The summed E-state index contributed by atoms with van der Waals surface area (Å²) in [5.74, 6) is 1.26. The summed E-state index contributed by atoms with van der Waals surface area (Å²) >= 11 is 0. The van der Waals surface area contributed by atoms with E-state index in [-0.39, 0.29) is 5.92 Å². The molecule has 3 aliphatic rings. The summed E-state index contributed by atoms with van der Waals surface area (Å²) < 4.78 is 5.46. The molecule has 0 radical (unpaired) electrons. The van der Waals surface area contributed by atoms with Crippen LogP contribution in [0.3, 0.4) is 0 Å². The zero-order chi connectivity index (χ0) is 15.6. The van der Waals surface area contributed by atoms with E-state index in [0.717, 1.165) is 64.9 Å². The van der Waals surface area contributed by atoms with E-state index in [4.69, 9.17) is 4.74 Å². The van der Waals surface area contributed by atoms with Gasteiger partial charge in [0.25, 0.3) is 0 Å². The van der Waals surface area contributed by atoms with Crippen LogP contribution in [-0.4, -0.2) is 62.7 Å². The highest BCUT2D eigenvalue weighted by atomic mass is 16.5. The van der Waals surface area contributed by atoms with Gasteiger partial charge in [-0.15, -0.1) is 0 Å². The molecule has 2 unspecified atom stereocenters. The molecule has 2 atom stereocenters. The number of nitrogens with zero attached hydrogens (tertiary/aromatic N) is 2. The number of carbonyl (C=O) groups is 1. The van der Waals surface area contributed by atoms with E-state index < -0.39 is 0 Å². The first-order valence-electron chi connectivity index (χ1n) is 8.76. The molecule has 0 bridgehead atoms. The Bertz CT molecular complexity index is 427. The quantitative estimate of drug-likeness (QED) is 0.749. The van der Waals surface area contributed by atoms with Crippen LogP contribution in [0.5, 0.6) is 0 Å². The third-order valence-corrected chi connectivity index (χ3v) is 6.04. The van der Waals surface area contributed by atoms with Crippen LogP contribution < -0.4 is 0 Å². The Morgan fingerprint density at radius 3 is 2.73 bits per heavy atom. The van der Waals surface area contributed by atoms with Crippen LogP contribution in [0.4, 0.5) is 0 Å². The van der Waals surface area contributed by atoms with Crippen molar-refractivity contribution in [2.75, 3.05) is 46.9 Å². The number of allylic oxidation sites excluding steroid dienone is 2. The van der Waals surface area contributed by atoms with Gasteiger partial charge in [-0.25, -0.2) is 0 Å². The van der Waals surface area contributed by atoms with Crippen molar-refractivity contribution < 1.29 is 9.53 Å². The average molecular weight is 306 g/mol. The van der Waals surface area contributed by atoms with Crippen molar-refractivity contribution in [3.8, 4) is 0 Å². The lowest BCUT2D eigenvalue weighted by Crippen LogP contribution is -2.48. The monoisotopic (exact) mass is 306 g/mol. The zero-order valence-corrected chi connectivity index (χ0v) is 14.1. The fourth-order valence-corrected chi connectivity index (χ4v) is 4.75. The second kappa shape index (κ2) is 6.71. The maximum absolute atomic E-state index is 12.7. The molecule has 2 fully saturated rings. The highest BCUT2D eigenvalue weighted by Crippen LogP contribution is 2.44. The predicted octanol–water partition coefficient (Wildman–Crippen LogP) is 2.16. The van der Waals surface area contributed by atoms with Gasteiger partial charge >= 0.3 is 0 Å². The van der Waals surface area contributed by atoms with E-state index in [9.17, 15) is 4.79 Å². The fourth-order valence-electron chi connectivity index (χ4n) is 4.75. The second-order valence-corrected chi connectivity index (χ2v) is 7.52. The highest BCUT2D eigenvalue weighted by molar-refractivity contribution is 5.79. The van der Waals surface area contributed by atoms with E-state index in [2.05, 4.69) is 29.0 Å². The maximum Gasteiger partial charge on any atom is 0.226 e. The SMILES string of the molecule is COCC1CN(C)CC12CCN(C(=O)C1CC=CCC1)CC2. The molecule has 0 N–H and O–H groups in total. The Labute approximate surface area is 134 Å². The molecule has 0 aromatic carbocycles. The summed E-state index contributed by atoms with van der Waals surface area (Å²) in [6.07, 6.45) is 9.70. The molecule has 124 valence electrons. The number of amides is 1. The summed E-state index contributed by atoms with van der Waals surface area (Å²) in [6, 6.07) is 0. The van der Waals surface area contributed by atoms with E-state index in [1.807, 2.05) is 0 Å². The number of ether oxygens (including phenoxy) is 1. The summed E-state index contributed by atoms with van der Waals surface area (Å²) in [4.78, 5) is 17.3. The smallest absolute Gasteiger partial charge is 0.226 e. The third-order valence-electron chi connectivity index (χ3n) is 6.04. The molecule has 4 nitrogen and oxygen atoms in total. The lowest BCUT2D eigenvalue weighted by atomic mass is 9.71. The Morgan fingerprint density at radius 2 is 2.09 bits per heavy atom. The van der Waals surface area contributed by atoms with Crippen LogP contribution in [-0.2, 0) is 9.53 Å². The number of rotatable bonds is 3. The minimum absolute atomic E-state index is 0.236. The normalized spacial score (nSPS) is 31.8. The van der Waals surface area contributed by atoms with Crippen molar-refractivity contribution in [2.45, 2.75) is 32.1 Å². The van der Waals surface area contributed by atoms with Gasteiger partial charge in [0, 0.05) is 45.1 Å². The lowest BCUT2D eigenvalue weighted by molar-refractivity contribution is -0.138. The van der Waals surface area contributed by atoms with Crippen LogP contribution in [0.25, 0.3) is 0 Å². The fraction of sp³-hybridized carbons (Fsp3) is 0.833. The van der Waals surface area contributed by atoms with Crippen LogP contribution in [0.2, 0.25) is 0 Å². The number of piperidine rings is 1. The molecule has 0 saturated carbocycles. The van der Waals surface area contributed by atoms with Gasteiger partial charge in [0.15, 0.2) is 0 Å². The number of carbonyl (C=O) groups excluding carboxylic acids is 1. The first-order chi connectivity index (χ1) is 10.6. The van der Waals surface area contributed by atoms with Gasteiger partial charge in [-0.1, -0.05) is 12.2 Å². The van der Waals surface area contributed by atoms with E-state index >= 15 is 0 Å². The van der Waals surface area contributed by atoms with Crippen LogP contribution >= 0.6 is 0 Å². The molecule has 0 aromatic rings. The number of likely N-dealkylation sites (tertiary alicyclic amines) is 2. The van der Waals surface area contributed by atoms with Gasteiger partial charge in [0.05, 0.1) is 6.61 Å². The highest BCUT2D eigenvalue weighted by Gasteiger charge is 2.47. The molecule has 1 aliphatic carbocycles. The minimum atomic E-state index is 0.236. The second-order valence-electron chi connectivity index (χ2n) is 7.52. The van der Waals surface area contributed by atoms with Gasteiger partial charge < -0.3 is 14.5 Å². The standard InChI is InChI=1S/C18H30N2O2/c1-19-12-16(13-22-2)18(14-19)8-10-20(11-9-18)17(21)15-6-4-3-5-7-15/h3-4,15-16H,5-14H2,1-2H3. The van der Waals surface area contributed by atoms with Crippen LogP contribution in [0.1, 0.15) is 32.1 Å². The molecule has 1 spiro atoms. The van der Waals surface area contributed by atoms with Crippen LogP contribution in [0.15, 0.2) is 12.2 Å². The molecule has 0 aromatic heterocycles. The summed E-state index contributed by atoms with van der Waals surface area (Å²) in [7, 11) is 4.02. The number of hydrogen-bond donors (Lipinski definition) is 0. The third kappa shape index (κ3) is 3.09. The minimum Gasteiger partial charge on any atom is -0.384 e. The Balaban J connectivity index is 1.59. The Hall–Kier alpha value is -0.870. The maximum atomic E-state index is 12.7. The number of methoxy groups -OCH3 is 1. The van der Waals surface area contributed by atoms with Gasteiger partial charge in [0.2, 0.25) is 5.91 Å². The Morgan fingerprint density at radius 1 is 1.32 bits per heavy atom. The molecule has 2 aliphatic heterocycles. The first kappa shape index (κ1) is 16.0. The molecule has 1 amide bonds. The molecular formula is C18H30N2O2. The van der Waals surface area contributed by atoms with Crippen molar-refractivity contribution in [1.29, 1.82) is 0 Å². The summed E-state index contributed by atoms with van der Waals surface area (Å²) in [5.41, 5.74) is 0.369. The zero-order valence-electron chi connectivity index (χ0n) is 14.1. The molecule has 2 saturated heterocycles. The molecule has 3 rings (SSSR count). The van der Waals surface area contributed by atoms with Gasteiger partial charge in [0.1, 0.15) is 0 Å². The summed E-state index contributed by atoms with van der Waals surface area (Å²) in [5, 5.41) is 0. The van der Waals surface area contributed by atoms with E-state index in [1.54, 1.807) is 7.11 Å². The van der Waals surface area contributed by atoms with Crippen molar-refractivity contribution in [3.63, 3.8) is 0 Å². The van der Waals surface area contributed by atoms with Crippen molar-refractivity contribution in [2.24, 2.45) is 17.3 Å². The van der Waals surface area contributed by atoms with Crippen molar-refractivity contribution in [3.05, 3.63) is 12.2 Å². The topological polar surface area (TPSA) is 32.8 Å². The summed E-state index contributed by atoms with van der Waals surface area (Å²) in [6.45, 7) is 5.02. The molecule has 4 heteroatoms. The predicted molar refractivity (Wildman–Crippen MR) is 87.6 cm³/mol. The molecule has 2 heterocycles. The van der Waals surface area contributed by atoms with Gasteiger partial charge in [-0.3, -0.25) is 4.79 Å². The number of hydrogen-bond acceptors (Lipinski definition) is 3. The van der Waals surface area contributed by atoms with E-state index in [0.29, 0.717) is 17.2 Å². The lowest BCUT2D eigenvalue weighted by Gasteiger charge is -2.43. The largest absolute Gasteiger partial charge is 0.384 e. The van der Waals surface area contributed by atoms with Gasteiger partial charge in [-0.2, -0.15) is 0 Å². The Kier molecular flexibility index (Phi) is 4.88.